The third kappa shape index (κ3) is 3.75. The maximum absolute atomic E-state index is 12.8. The van der Waals surface area contributed by atoms with E-state index < -0.39 is 12.1 Å². The number of pyridine rings is 1. The van der Waals surface area contributed by atoms with E-state index in [1.165, 1.54) is 0 Å². The molecule has 2 heterocycles. The zero-order valence-electron chi connectivity index (χ0n) is 13.1. The van der Waals surface area contributed by atoms with Crippen LogP contribution in [0.5, 0.6) is 0 Å². The number of nitrogens with zero attached hydrogens (tertiary/aromatic N) is 1. The van der Waals surface area contributed by atoms with Gasteiger partial charge in [-0.05, 0) is 36.8 Å². The number of carbonyl (C=O) groups excluding carboxylic acids is 2. The molecule has 0 aliphatic carbocycles. The van der Waals surface area contributed by atoms with Gasteiger partial charge < -0.3 is 16.0 Å². The topological polar surface area (TPSA) is 83.1 Å². The third-order valence-electron chi connectivity index (χ3n) is 3.69. The Kier molecular flexibility index (Phi) is 4.92. The number of carbonyl (C=O) groups is 2. The van der Waals surface area contributed by atoms with Crippen LogP contribution < -0.4 is 16.0 Å². The molecule has 128 valence electrons. The van der Waals surface area contributed by atoms with Gasteiger partial charge in [-0.15, -0.1) is 0 Å². The molecule has 6 nitrogen and oxygen atoms in total. The summed E-state index contributed by atoms with van der Waals surface area (Å²) in [5.41, 5.74) is 1.36. The molecule has 0 spiro atoms. The van der Waals surface area contributed by atoms with Gasteiger partial charge in [-0.25, -0.2) is 9.78 Å². The highest BCUT2D eigenvalue weighted by atomic mass is 35.5. The van der Waals surface area contributed by atoms with Crippen molar-refractivity contribution in [1.29, 1.82) is 0 Å². The summed E-state index contributed by atoms with van der Waals surface area (Å²) in [7, 11) is 0. The molecule has 0 radical (unpaired) electrons. The normalized spacial score (nSPS) is 16.9. The number of aromatic nitrogens is 1. The predicted octanol–water partition coefficient (Wildman–Crippen LogP) is 3.66. The van der Waals surface area contributed by atoms with E-state index in [1.54, 1.807) is 49.5 Å². The fourth-order valence-electron chi connectivity index (χ4n) is 2.58. The first-order valence-electron chi connectivity index (χ1n) is 7.41. The maximum Gasteiger partial charge on any atom is 0.319 e. The van der Waals surface area contributed by atoms with Gasteiger partial charge in [-0.2, -0.15) is 0 Å². The van der Waals surface area contributed by atoms with Crippen LogP contribution in [0.25, 0.3) is 0 Å². The number of hydrogen-bond donors (Lipinski definition) is 3. The fourth-order valence-corrected chi connectivity index (χ4v) is 3.10. The van der Waals surface area contributed by atoms with E-state index in [1.807, 2.05) is 0 Å². The summed E-state index contributed by atoms with van der Waals surface area (Å²) in [4.78, 5) is 28.7. The average molecular weight is 377 g/mol. The Morgan fingerprint density at radius 3 is 2.72 bits per heavy atom. The molecule has 8 heteroatoms. The lowest BCUT2D eigenvalue weighted by atomic mass is 9.95. The van der Waals surface area contributed by atoms with Crippen LogP contribution in [0, 0.1) is 0 Å². The van der Waals surface area contributed by atoms with Crippen molar-refractivity contribution in [2.24, 2.45) is 0 Å². The van der Waals surface area contributed by atoms with Crippen molar-refractivity contribution in [3.05, 3.63) is 69.5 Å². The molecular formula is C17H14Cl2N4O2. The van der Waals surface area contributed by atoms with E-state index >= 15 is 0 Å². The molecule has 1 aliphatic rings. The van der Waals surface area contributed by atoms with Crippen molar-refractivity contribution in [3.8, 4) is 0 Å². The summed E-state index contributed by atoms with van der Waals surface area (Å²) in [5, 5.41) is 8.87. The number of hydrogen-bond acceptors (Lipinski definition) is 3. The molecule has 1 aromatic heterocycles. The van der Waals surface area contributed by atoms with Crippen LogP contribution in [-0.4, -0.2) is 16.9 Å². The second-order valence-corrected chi connectivity index (χ2v) is 6.25. The van der Waals surface area contributed by atoms with Crippen LogP contribution in [0.15, 0.2) is 53.9 Å². The number of amides is 3. The molecule has 0 saturated heterocycles. The molecule has 1 aromatic carbocycles. The standard InChI is InChI=1S/C17H14Cl2N4O2/c1-9-14(16(24)22-13-4-2-3-7-20-13)15(23-17(25)21-9)11-6-5-10(18)8-12(11)19/h2-8,15H,1H3,(H,20,22,24)(H2,21,23,25). The molecule has 0 bridgehead atoms. The van der Waals surface area contributed by atoms with E-state index in [4.69, 9.17) is 23.2 Å². The largest absolute Gasteiger partial charge is 0.327 e. The van der Waals surface area contributed by atoms with Gasteiger partial charge in [-0.3, -0.25) is 4.79 Å². The third-order valence-corrected chi connectivity index (χ3v) is 4.26. The minimum absolute atomic E-state index is 0.342. The molecule has 1 atom stereocenters. The van der Waals surface area contributed by atoms with Crippen molar-refractivity contribution in [2.75, 3.05) is 5.32 Å². The lowest BCUT2D eigenvalue weighted by Gasteiger charge is -2.29. The van der Waals surface area contributed by atoms with Gasteiger partial charge in [0.05, 0.1) is 11.6 Å². The summed E-state index contributed by atoms with van der Waals surface area (Å²) in [6.45, 7) is 1.66. The summed E-state index contributed by atoms with van der Waals surface area (Å²) >= 11 is 12.2. The van der Waals surface area contributed by atoms with E-state index in [0.29, 0.717) is 32.7 Å². The number of rotatable bonds is 3. The molecule has 25 heavy (non-hydrogen) atoms. The van der Waals surface area contributed by atoms with Crippen LogP contribution in [0.2, 0.25) is 10.0 Å². The van der Waals surface area contributed by atoms with Crippen LogP contribution in [-0.2, 0) is 4.79 Å². The van der Waals surface area contributed by atoms with Crippen molar-refractivity contribution in [1.82, 2.24) is 15.6 Å². The van der Waals surface area contributed by atoms with E-state index in [-0.39, 0.29) is 5.91 Å². The monoisotopic (exact) mass is 376 g/mol. The predicted molar refractivity (Wildman–Crippen MR) is 96.4 cm³/mol. The van der Waals surface area contributed by atoms with Crippen LogP contribution in [0.3, 0.4) is 0 Å². The fraction of sp³-hybridized carbons (Fsp3) is 0.118. The van der Waals surface area contributed by atoms with Gasteiger partial charge in [0.25, 0.3) is 5.91 Å². The second kappa shape index (κ2) is 7.13. The van der Waals surface area contributed by atoms with Crippen molar-refractivity contribution in [2.45, 2.75) is 13.0 Å². The Morgan fingerprint density at radius 1 is 1.24 bits per heavy atom. The van der Waals surface area contributed by atoms with Crippen LogP contribution in [0.1, 0.15) is 18.5 Å². The lowest BCUT2D eigenvalue weighted by molar-refractivity contribution is -0.113. The van der Waals surface area contributed by atoms with Crippen molar-refractivity contribution in [3.63, 3.8) is 0 Å². The molecule has 3 amide bonds. The smallest absolute Gasteiger partial charge is 0.319 e. The molecule has 3 N–H and O–H groups in total. The number of halogens is 2. The van der Waals surface area contributed by atoms with E-state index in [0.717, 1.165) is 0 Å². The van der Waals surface area contributed by atoms with E-state index in [9.17, 15) is 9.59 Å². The molecule has 1 unspecified atom stereocenters. The van der Waals surface area contributed by atoms with Gasteiger partial charge in [0.2, 0.25) is 0 Å². The van der Waals surface area contributed by atoms with Crippen LogP contribution >= 0.6 is 23.2 Å². The first-order chi connectivity index (χ1) is 12.0. The zero-order chi connectivity index (χ0) is 18.0. The quantitative estimate of drug-likeness (QED) is 0.764. The Balaban J connectivity index is 1.99. The summed E-state index contributed by atoms with van der Waals surface area (Å²) < 4.78 is 0. The lowest BCUT2D eigenvalue weighted by Crippen LogP contribution is -2.46. The highest BCUT2D eigenvalue weighted by Gasteiger charge is 2.32. The van der Waals surface area contributed by atoms with Gasteiger partial charge in [0.1, 0.15) is 5.82 Å². The van der Waals surface area contributed by atoms with Gasteiger partial charge in [-0.1, -0.05) is 35.3 Å². The molecule has 1 aliphatic heterocycles. The second-order valence-electron chi connectivity index (χ2n) is 5.41. The molecular weight excluding hydrogens is 363 g/mol. The summed E-state index contributed by atoms with van der Waals surface area (Å²) in [6.07, 6.45) is 1.57. The average Bonchev–Trinajstić information content (AvgIpc) is 2.54. The van der Waals surface area contributed by atoms with Crippen LogP contribution in [0.4, 0.5) is 10.6 Å². The molecule has 2 aromatic rings. The maximum atomic E-state index is 12.8. The molecule has 0 saturated carbocycles. The molecule has 3 rings (SSSR count). The summed E-state index contributed by atoms with van der Waals surface area (Å²) in [6, 6.07) is 8.97. The first kappa shape index (κ1) is 17.3. The van der Waals surface area contributed by atoms with Crippen molar-refractivity contribution < 1.29 is 9.59 Å². The SMILES string of the molecule is CC1=C(C(=O)Nc2ccccn2)C(c2ccc(Cl)cc2Cl)NC(=O)N1. The Bertz CT molecular complexity index is 868. The minimum atomic E-state index is -0.706. The summed E-state index contributed by atoms with van der Waals surface area (Å²) in [5.74, 6) is 0.0189. The van der Waals surface area contributed by atoms with Gasteiger partial charge >= 0.3 is 6.03 Å². The Hall–Kier alpha value is -2.57. The highest BCUT2D eigenvalue weighted by Crippen LogP contribution is 2.33. The molecule has 0 fully saturated rings. The number of anilines is 1. The minimum Gasteiger partial charge on any atom is -0.327 e. The van der Waals surface area contributed by atoms with E-state index in [2.05, 4.69) is 20.9 Å². The Morgan fingerprint density at radius 2 is 2.04 bits per heavy atom. The van der Waals surface area contributed by atoms with Gasteiger partial charge in [0.15, 0.2) is 0 Å². The zero-order valence-corrected chi connectivity index (χ0v) is 14.7. The highest BCUT2D eigenvalue weighted by molar-refractivity contribution is 6.35. The number of nitrogens with one attached hydrogen (secondary N) is 3. The van der Waals surface area contributed by atoms with Gasteiger partial charge in [0, 0.05) is 21.9 Å². The number of urea groups is 1. The number of allylic oxidation sites excluding steroid dienone is 1. The first-order valence-corrected chi connectivity index (χ1v) is 8.17. The Labute approximate surface area is 154 Å². The number of benzene rings is 1. The van der Waals surface area contributed by atoms with Crippen molar-refractivity contribution >= 4 is 41.0 Å².